The first-order valence-corrected chi connectivity index (χ1v) is 12.3. The predicted octanol–water partition coefficient (Wildman–Crippen LogP) is 6.70. The highest BCUT2D eigenvalue weighted by Crippen LogP contribution is 2.40. The van der Waals surface area contributed by atoms with Gasteiger partial charge in [-0.1, -0.05) is 78.6 Å². The van der Waals surface area contributed by atoms with Gasteiger partial charge in [-0.15, -0.1) is 10.2 Å². The van der Waals surface area contributed by atoms with Gasteiger partial charge in [0.15, 0.2) is 21.5 Å². The molecule has 178 valence electrons. The molecule has 0 aliphatic heterocycles. The maximum atomic E-state index is 9.74. The summed E-state index contributed by atoms with van der Waals surface area (Å²) in [6, 6.07) is 21.7. The van der Waals surface area contributed by atoms with E-state index < -0.39 is 0 Å². The largest absolute Gasteiger partial charge is 0.349 e. The number of aromatic nitrogens is 3. The maximum absolute atomic E-state index is 9.74. The molecule has 0 radical (unpaired) electrons. The second kappa shape index (κ2) is 11.2. The molecule has 2 heterocycles. The number of azo groups is 1. The van der Waals surface area contributed by atoms with Crippen LogP contribution in [-0.4, -0.2) is 27.6 Å². The van der Waals surface area contributed by atoms with Gasteiger partial charge in [0.05, 0.1) is 6.54 Å². The fraction of sp³-hybridized carbons (Fsp3) is 0.185. The van der Waals surface area contributed by atoms with E-state index >= 15 is 0 Å². The first-order valence-electron chi connectivity index (χ1n) is 11.5. The zero-order valence-electron chi connectivity index (χ0n) is 20.1. The van der Waals surface area contributed by atoms with Crippen molar-refractivity contribution in [2.45, 2.75) is 20.4 Å². The van der Waals surface area contributed by atoms with E-state index in [4.69, 9.17) is 4.98 Å². The minimum atomic E-state index is 0.0191. The van der Waals surface area contributed by atoms with E-state index in [0.717, 1.165) is 40.6 Å². The summed E-state index contributed by atoms with van der Waals surface area (Å²) >= 11 is 1.45. The summed E-state index contributed by atoms with van der Waals surface area (Å²) in [6.07, 6.45) is 1.76. The minimum Gasteiger partial charge on any atom is -0.349 e. The Bertz CT molecular complexity index is 1460. The summed E-state index contributed by atoms with van der Waals surface area (Å²) in [7, 11) is 0. The SMILES string of the molecule is C=Cc1ccc(Cn2c(/N=N/c3sc(N(CC)CC)nc3-c3ccccc3)nc(C#N)c2C#N)cc1. The molecule has 2 aromatic carbocycles. The van der Waals surface area contributed by atoms with E-state index in [9.17, 15) is 10.5 Å². The van der Waals surface area contributed by atoms with Crippen LogP contribution in [0.25, 0.3) is 17.3 Å². The molecule has 0 aliphatic carbocycles. The Labute approximate surface area is 214 Å². The van der Waals surface area contributed by atoms with Crippen molar-refractivity contribution in [1.82, 2.24) is 14.5 Å². The molecule has 0 unspecified atom stereocenters. The molecule has 0 amide bonds. The van der Waals surface area contributed by atoms with Gasteiger partial charge in [0.2, 0.25) is 0 Å². The van der Waals surface area contributed by atoms with Crippen molar-refractivity contribution < 1.29 is 0 Å². The van der Waals surface area contributed by atoms with Gasteiger partial charge >= 0.3 is 0 Å². The average molecular weight is 493 g/mol. The molecule has 0 N–H and O–H groups in total. The van der Waals surface area contributed by atoms with Gasteiger partial charge < -0.3 is 4.90 Å². The first kappa shape index (κ1) is 24.5. The molecule has 36 heavy (non-hydrogen) atoms. The molecule has 0 aliphatic rings. The van der Waals surface area contributed by atoms with E-state index in [0.29, 0.717) is 11.5 Å². The van der Waals surface area contributed by atoms with Gasteiger partial charge in [0.1, 0.15) is 17.8 Å². The molecule has 4 rings (SSSR count). The van der Waals surface area contributed by atoms with Gasteiger partial charge in [0, 0.05) is 18.7 Å². The second-order valence-electron chi connectivity index (χ2n) is 7.75. The topological polar surface area (TPSA) is 106 Å². The van der Waals surface area contributed by atoms with Crippen LogP contribution in [0.3, 0.4) is 0 Å². The standard InChI is InChI=1S/C27H24N8S/c1-4-19-12-14-20(15-13-19)18-35-23(17-29)22(16-28)30-26(35)33-32-25-24(21-10-8-7-9-11-21)31-27(36-25)34(5-2)6-3/h4,7-15H,1,5-6,18H2,2-3H3/b33-32+. The zero-order chi connectivity index (χ0) is 25.5. The van der Waals surface area contributed by atoms with E-state index in [1.807, 2.05) is 60.7 Å². The number of imidazole rings is 1. The summed E-state index contributed by atoms with van der Waals surface area (Å²) in [4.78, 5) is 11.3. The van der Waals surface area contributed by atoms with Gasteiger partial charge in [-0.2, -0.15) is 15.5 Å². The summed E-state index contributed by atoms with van der Waals surface area (Å²) in [5.41, 5.74) is 3.75. The van der Waals surface area contributed by atoms with Crippen LogP contribution in [0.15, 0.2) is 71.4 Å². The summed E-state index contributed by atoms with van der Waals surface area (Å²) in [5.74, 6) is 0.188. The molecule has 2 aromatic heterocycles. The van der Waals surface area contributed by atoms with Crippen molar-refractivity contribution in [3.05, 3.63) is 83.7 Å². The number of rotatable bonds is 9. The highest BCUT2D eigenvalue weighted by molar-refractivity contribution is 7.19. The lowest BCUT2D eigenvalue weighted by molar-refractivity contribution is 0.780. The van der Waals surface area contributed by atoms with E-state index in [1.54, 1.807) is 10.6 Å². The molecule has 4 aromatic rings. The lowest BCUT2D eigenvalue weighted by Crippen LogP contribution is -2.21. The number of hydrogen-bond acceptors (Lipinski definition) is 8. The molecule has 0 bridgehead atoms. The Hall–Kier alpha value is -4.60. The van der Waals surface area contributed by atoms with E-state index in [2.05, 4.69) is 46.6 Å². The van der Waals surface area contributed by atoms with Crippen molar-refractivity contribution in [3.63, 3.8) is 0 Å². The monoisotopic (exact) mass is 492 g/mol. The quantitative estimate of drug-likeness (QED) is 0.242. The van der Waals surface area contributed by atoms with Crippen LogP contribution >= 0.6 is 11.3 Å². The van der Waals surface area contributed by atoms with Crippen LogP contribution in [0, 0.1) is 22.7 Å². The molecule has 9 heteroatoms. The molecule has 0 atom stereocenters. The summed E-state index contributed by atoms with van der Waals surface area (Å²) in [6.45, 7) is 9.91. The number of benzene rings is 2. The molecule has 0 saturated carbocycles. The number of nitrogens with zero attached hydrogens (tertiary/aromatic N) is 8. The lowest BCUT2D eigenvalue weighted by Gasteiger charge is -2.16. The smallest absolute Gasteiger partial charge is 0.252 e. The van der Waals surface area contributed by atoms with Crippen LogP contribution in [0.5, 0.6) is 0 Å². The van der Waals surface area contributed by atoms with Crippen LogP contribution in [0.4, 0.5) is 16.1 Å². The van der Waals surface area contributed by atoms with Gasteiger partial charge in [-0.3, -0.25) is 4.57 Å². The fourth-order valence-electron chi connectivity index (χ4n) is 3.67. The van der Waals surface area contributed by atoms with Gasteiger partial charge in [-0.25, -0.2) is 4.98 Å². The van der Waals surface area contributed by atoms with Crippen molar-refractivity contribution in [2.24, 2.45) is 10.2 Å². The Morgan fingerprint density at radius 3 is 2.33 bits per heavy atom. The van der Waals surface area contributed by atoms with E-state index in [-0.39, 0.29) is 17.3 Å². The second-order valence-corrected chi connectivity index (χ2v) is 8.71. The van der Waals surface area contributed by atoms with Crippen LogP contribution < -0.4 is 4.90 Å². The van der Waals surface area contributed by atoms with Gasteiger partial charge in [0.25, 0.3) is 5.95 Å². The molecule has 0 fully saturated rings. The third-order valence-electron chi connectivity index (χ3n) is 5.62. The summed E-state index contributed by atoms with van der Waals surface area (Å²) in [5, 5.41) is 29.7. The van der Waals surface area contributed by atoms with Crippen LogP contribution in [0.1, 0.15) is 36.4 Å². The Morgan fingerprint density at radius 2 is 1.72 bits per heavy atom. The highest BCUT2D eigenvalue weighted by atomic mass is 32.1. The third-order valence-corrected chi connectivity index (χ3v) is 6.63. The number of nitriles is 2. The zero-order valence-corrected chi connectivity index (χ0v) is 20.9. The Morgan fingerprint density at radius 1 is 1.00 bits per heavy atom. The van der Waals surface area contributed by atoms with Gasteiger partial charge in [-0.05, 0) is 25.0 Å². The Kier molecular flexibility index (Phi) is 7.64. The van der Waals surface area contributed by atoms with Crippen molar-refractivity contribution in [2.75, 3.05) is 18.0 Å². The molecule has 0 saturated heterocycles. The first-order chi connectivity index (χ1) is 17.6. The van der Waals surface area contributed by atoms with Crippen molar-refractivity contribution in [1.29, 1.82) is 10.5 Å². The number of thiazole rings is 1. The average Bonchev–Trinajstić information content (AvgIpc) is 3.50. The molecule has 8 nitrogen and oxygen atoms in total. The van der Waals surface area contributed by atoms with E-state index in [1.165, 1.54) is 11.3 Å². The third kappa shape index (κ3) is 5.07. The minimum absolute atomic E-state index is 0.0191. The van der Waals surface area contributed by atoms with Crippen molar-refractivity contribution >= 4 is 33.5 Å². The molecule has 0 spiro atoms. The molecular weight excluding hydrogens is 468 g/mol. The van der Waals surface area contributed by atoms with Crippen LogP contribution in [0.2, 0.25) is 0 Å². The Balaban J connectivity index is 1.77. The van der Waals surface area contributed by atoms with Crippen LogP contribution in [-0.2, 0) is 6.54 Å². The maximum Gasteiger partial charge on any atom is 0.252 e. The van der Waals surface area contributed by atoms with Crippen molar-refractivity contribution in [3.8, 4) is 23.4 Å². The lowest BCUT2D eigenvalue weighted by atomic mass is 10.1. The fourth-order valence-corrected chi connectivity index (χ4v) is 4.71. The number of anilines is 1. The normalized spacial score (nSPS) is 10.8. The highest BCUT2D eigenvalue weighted by Gasteiger charge is 2.19. The molecular formula is C27H24N8S. The summed E-state index contributed by atoms with van der Waals surface area (Å²) < 4.78 is 1.61. The number of hydrogen-bond donors (Lipinski definition) is 0. The predicted molar refractivity (Wildman–Crippen MR) is 143 cm³/mol.